The SMILES string of the molecule is COc1cccc(N[C@@H](CNC(=O)Nc2cccc(N3CCNC3=O)c2)C(C)(C)C)c1. The van der Waals surface area contributed by atoms with Gasteiger partial charge in [0, 0.05) is 48.8 Å². The van der Waals surface area contributed by atoms with Gasteiger partial charge in [-0.2, -0.15) is 0 Å². The van der Waals surface area contributed by atoms with Crippen LogP contribution in [0.15, 0.2) is 48.5 Å². The van der Waals surface area contributed by atoms with Crippen LogP contribution in [0.3, 0.4) is 0 Å². The molecule has 8 heteroatoms. The molecule has 2 aromatic rings. The number of hydrogen-bond acceptors (Lipinski definition) is 4. The normalized spacial score (nSPS) is 14.6. The zero-order valence-corrected chi connectivity index (χ0v) is 18.5. The molecule has 0 bridgehead atoms. The fourth-order valence-electron chi connectivity index (χ4n) is 3.33. The van der Waals surface area contributed by atoms with Crippen molar-refractivity contribution >= 4 is 29.1 Å². The van der Waals surface area contributed by atoms with Crippen LogP contribution in [-0.2, 0) is 0 Å². The lowest BCUT2D eigenvalue weighted by molar-refractivity contribution is 0.248. The Kier molecular flexibility index (Phi) is 6.89. The summed E-state index contributed by atoms with van der Waals surface area (Å²) in [6, 6.07) is 14.5. The summed E-state index contributed by atoms with van der Waals surface area (Å²) >= 11 is 0. The van der Waals surface area contributed by atoms with Crippen LogP contribution in [-0.4, -0.2) is 44.8 Å². The highest BCUT2D eigenvalue weighted by atomic mass is 16.5. The predicted octanol–water partition coefficient (Wildman–Crippen LogP) is 3.87. The van der Waals surface area contributed by atoms with Crippen LogP contribution in [0.25, 0.3) is 0 Å². The molecule has 166 valence electrons. The minimum absolute atomic E-state index is 0.00927. The Hall–Kier alpha value is -3.42. The standard InChI is InChI=1S/C23H31N5O3/c1-23(2,3)20(26-17-8-6-10-19(14-17)31-4)15-25-21(29)27-16-7-5-9-18(13-16)28-12-11-24-22(28)30/h5-10,13-14,20,26H,11-12,15H2,1-4H3,(H,24,30)(H2,25,27,29)/t20-/m0/s1. The molecule has 1 saturated heterocycles. The summed E-state index contributed by atoms with van der Waals surface area (Å²) in [4.78, 5) is 26.1. The number of urea groups is 2. The van der Waals surface area contributed by atoms with Crippen molar-refractivity contribution in [2.45, 2.75) is 26.8 Å². The van der Waals surface area contributed by atoms with Gasteiger partial charge in [-0.15, -0.1) is 0 Å². The fourth-order valence-corrected chi connectivity index (χ4v) is 3.33. The van der Waals surface area contributed by atoms with Crippen LogP contribution in [0, 0.1) is 5.41 Å². The van der Waals surface area contributed by atoms with E-state index in [0.29, 0.717) is 25.3 Å². The topological polar surface area (TPSA) is 94.7 Å². The monoisotopic (exact) mass is 425 g/mol. The summed E-state index contributed by atoms with van der Waals surface area (Å²) in [7, 11) is 1.64. The number of ether oxygens (including phenoxy) is 1. The van der Waals surface area contributed by atoms with Crippen molar-refractivity contribution in [1.82, 2.24) is 10.6 Å². The number of benzene rings is 2. The van der Waals surface area contributed by atoms with Gasteiger partial charge in [-0.1, -0.05) is 32.9 Å². The predicted molar refractivity (Wildman–Crippen MR) is 124 cm³/mol. The molecule has 0 saturated carbocycles. The first-order valence-electron chi connectivity index (χ1n) is 10.4. The third-order valence-corrected chi connectivity index (χ3v) is 5.20. The maximum atomic E-state index is 12.5. The number of carbonyl (C=O) groups excluding carboxylic acids is 2. The number of anilines is 3. The number of carbonyl (C=O) groups is 2. The van der Waals surface area contributed by atoms with E-state index in [1.807, 2.05) is 36.4 Å². The van der Waals surface area contributed by atoms with Gasteiger partial charge in [0.1, 0.15) is 5.75 Å². The number of hydrogen-bond donors (Lipinski definition) is 4. The van der Waals surface area contributed by atoms with Crippen molar-refractivity contribution in [3.8, 4) is 5.75 Å². The number of nitrogens with zero attached hydrogens (tertiary/aromatic N) is 1. The van der Waals surface area contributed by atoms with Gasteiger partial charge >= 0.3 is 12.1 Å². The van der Waals surface area contributed by atoms with Gasteiger partial charge in [-0.25, -0.2) is 9.59 Å². The van der Waals surface area contributed by atoms with Gasteiger partial charge in [0.2, 0.25) is 0 Å². The molecule has 0 spiro atoms. The first-order valence-corrected chi connectivity index (χ1v) is 10.4. The Morgan fingerprint density at radius 1 is 1.16 bits per heavy atom. The van der Waals surface area contributed by atoms with Crippen molar-refractivity contribution in [1.29, 1.82) is 0 Å². The summed E-state index contributed by atoms with van der Waals surface area (Å²) in [5.41, 5.74) is 2.21. The van der Waals surface area contributed by atoms with E-state index in [1.165, 1.54) is 0 Å². The number of methoxy groups -OCH3 is 1. The second-order valence-corrected chi connectivity index (χ2v) is 8.56. The molecule has 1 fully saturated rings. The second-order valence-electron chi connectivity index (χ2n) is 8.56. The number of nitrogens with one attached hydrogen (secondary N) is 4. The molecule has 0 unspecified atom stereocenters. The van der Waals surface area contributed by atoms with Gasteiger partial charge in [0.15, 0.2) is 0 Å². The van der Waals surface area contributed by atoms with Crippen molar-refractivity contribution < 1.29 is 14.3 Å². The first kappa shape index (κ1) is 22.3. The van der Waals surface area contributed by atoms with E-state index in [4.69, 9.17) is 4.74 Å². The Morgan fingerprint density at radius 3 is 2.58 bits per heavy atom. The van der Waals surface area contributed by atoms with Crippen molar-refractivity contribution in [2.75, 3.05) is 42.3 Å². The lowest BCUT2D eigenvalue weighted by atomic mass is 9.86. The minimum atomic E-state index is -0.301. The largest absolute Gasteiger partial charge is 0.497 e. The summed E-state index contributed by atoms with van der Waals surface area (Å²) in [6.07, 6.45) is 0. The van der Waals surface area contributed by atoms with Crippen molar-refractivity contribution in [3.63, 3.8) is 0 Å². The molecule has 2 aromatic carbocycles. The molecule has 1 atom stereocenters. The fraction of sp³-hybridized carbons (Fsp3) is 0.391. The molecule has 1 heterocycles. The van der Waals surface area contributed by atoms with Crippen LogP contribution < -0.4 is 30.9 Å². The highest BCUT2D eigenvalue weighted by molar-refractivity contribution is 5.95. The Labute approximate surface area is 183 Å². The molecular formula is C23H31N5O3. The maximum absolute atomic E-state index is 12.5. The summed E-state index contributed by atoms with van der Waals surface area (Å²) < 4.78 is 5.29. The lowest BCUT2D eigenvalue weighted by Gasteiger charge is -2.32. The molecule has 4 N–H and O–H groups in total. The van der Waals surface area contributed by atoms with Crippen LogP contribution in [0.2, 0.25) is 0 Å². The maximum Gasteiger partial charge on any atom is 0.321 e. The third-order valence-electron chi connectivity index (χ3n) is 5.20. The summed E-state index contributed by atoms with van der Waals surface area (Å²) in [6.45, 7) is 8.02. The van der Waals surface area contributed by atoms with Crippen LogP contribution in [0.4, 0.5) is 26.7 Å². The zero-order valence-electron chi connectivity index (χ0n) is 18.5. The second kappa shape index (κ2) is 9.59. The summed E-state index contributed by atoms with van der Waals surface area (Å²) in [5, 5.41) is 12.1. The molecular weight excluding hydrogens is 394 g/mol. The molecule has 0 aliphatic carbocycles. The molecule has 1 aliphatic heterocycles. The highest BCUT2D eigenvalue weighted by Crippen LogP contribution is 2.25. The van der Waals surface area contributed by atoms with Crippen molar-refractivity contribution in [3.05, 3.63) is 48.5 Å². The van der Waals surface area contributed by atoms with E-state index in [1.54, 1.807) is 24.1 Å². The molecule has 8 nitrogen and oxygen atoms in total. The smallest absolute Gasteiger partial charge is 0.321 e. The number of amides is 4. The number of rotatable bonds is 7. The van der Waals surface area contributed by atoms with E-state index in [9.17, 15) is 9.59 Å². The Morgan fingerprint density at radius 2 is 1.90 bits per heavy atom. The molecule has 31 heavy (non-hydrogen) atoms. The zero-order chi connectivity index (χ0) is 22.4. The van der Waals surface area contributed by atoms with E-state index < -0.39 is 0 Å². The quantitative estimate of drug-likeness (QED) is 0.542. The van der Waals surface area contributed by atoms with Gasteiger partial charge in [-0.3, -0.25) is 4.90 Å². The summed E-state index contributed by atoms with van der Waals surface area (Å²) in [5.74, 6) is 0.773. The van der Waals surface area contributed by atoms with Gasteiger partial charge in [0.05, 0.1) is 7.11 Å². The van der Waals surface area contributed by atoms with Gasteiger partial charge in [0.25, 0.3) is 0 Å². The van der Waals surface area contributed by atoms with Gasteiger partial charge in [-0.05, 0) is 35.7 Å². The molecule has 1 aliphatic rings. The van der Waals surface area contributed by atoms with E-state index in [2.05, 4.69) is 42.0 Å². The molecule has 3 rings (SSSR count). The Bertz CT molecular complexity index is 925. The third kappa shape index (κ3) is 6.04. The average molecular weight is 426 g/mol. The van der Waals surface area contributed by atoms with Crippen LogP contribution in [0.1, 0.15) is 20.8 Å². The molecule has 4 amide bonds. The Balaban J connectivity index is 1.60. The highest BCUT2D eigenvalue weighted by Gasteiger charge is 2.25. The lowest BCUT2D eigenvalue weighted by Crippen LogP contribution is -2.45. The van der Waals surface area contributed by atoms with Crippen LogP contribution in [0.5, 0.6) is 5.75 Å². The van der Waals surface area contributed by atoms with E-state index in [-0.39, 0.29) is 23.5 Å². The van der Waals surface area contributed by atoms with Gasteiger partial charge < -0.3 is 26.0 Å². The van der Waals surface area contributed by atoms with E-state index >= 15 is 0 Å². The first-order chi connectivity index (χ1) is 14.8. The molecule has 0 radical (unpaired) electrons. The van der Waals surface area contributed by atoms with Crippen LogP contribution >= 0.6 is 0 Å². The molecule has 0 aromatic heterocycles. The van der Waals surface area contributed by atoms with E-state index in [0.717, 1.165) is 17.1 Å². The minimum Gasteiger partial charge on any atom is -0.497 e. The van der Waals surface area contributed by atoms with Crippen molar-refractivity contribution in [2.24, 2.45) is 5.41 Å². The average Bonchev–Trinajstić information content (AvgIpc) is 3.16.